The molecule has 3 N–H and O–H groups in total. The second-order valence-corrected chi connectivity index (χ2v) is 4.00. The van der Waals surface area contributed by atoms with E-state index in [9.17, 15) is 0 Å². The molecule has 0 aliphatic carbocycles. The lowest BCUT2D eigenvalue weighted by atomic mass is 10.0. The second kappa shape index (κ2) is 3.99. The van der Waals surface area contributed by atoms with Gasteiger partial charge in [0.1, 0.15) is 0 Å². The molecule has 1 aromatic carbocycles. The zero-order chi connectivity index (χ0) is 12.5. The number of benzene rings is 1. The average Bonchev–Trinajstić information content (AvgIpc) is 2.97. The molecule has 6 heteroatoms. The molecule has 0 saturated heterocycles. The van der Waals surface area contributed by atoms with Crippen molar-refractivity contribution in [3.05, 3.63) is 36.0 Å². The molecule has 6 nitrogen and oxygen atoms in total. The molecule has 0 aliphatic rings. The molecule has 0 bridgehead atoms. The van der Waals surface area contributed by atoms with Crippen molar-refractivity contribution in [1.29, 1.82) is 0 Å². The van der Waals surface area contributed by atoms with Gasteiger partial charge in [0.05, 0.1) is 11.8 Å². The van der Waals surface area contributed by atoms with Crippen LogP contribution in [0.3, 0.4) is 0 Å². The predicted octanol–water partition coefficient (Wildman–Crippen LogP) is 2.02. The van der Waals surface area contributed by atoms with E-state index in [0.29, 0.717) is 17.3 Å². The van der Waals surface area contributed by atoms with Crippen molar-refractivity contribution in [3.63, 3.8) is 0 Å². The van der Waals surface area contributed by atoms with E-state index in [0.717, 1.165) is 16.7 Å². The quantitative estimate of drug-likeness (QED) is 0.715. The first-order valence-corrected chi connectivity index (χ1v) is 5.44. The Balaban J connectivity index is 2.20. The first-order valence-electron chi connectivity index (χ1n) is 5.44. The Morgan fingerprint density at radius 2 is 2.22 bits per heavy atom. The molecule has 3 rings (SSSR count). The Kier molecular flexibility index (Phi) is 2.33. The fraction of sp³-hybridized carbons (Fsp3) is 0.0833. The van der Waals surface area contributed by atoms with Gasteiger partial charge in [-0.1, -0.05) is 35.0 Å². The number of nitrogens with two attached hydrogens (primary N) is 1. The maximum Gasteiger partial charge on any atom is 0.198 e. The van der Waals surface area contributed by atoms with Crippen LogP contribution < -0.4 is 5.73 Å². The highest BCUT2D eigenvalue weighted by molar-refractivity contribution is 5.85. The monoisotopic (exact) mass is 241 g/mol. The van der Waals surface area contributed by atoms with Gasteiger partial charge in [-0.3, -0.25) is 0 Å². The highest BCUT2D eigenvalue weighted by Gasteiger charge is 2.19. The van der Waals surface area contributed by atoms with Gasteiger partial charge in [0.25, 0.3) is 0 Å². The van der Waals surface area contributed by atoms with Gasteiger partial charge in [-0.25, -0.2) is 0 Å². The molecule has 90 valence electrons. The molecule has 0 unspecified atom stereocenters. The van der Waals surface area contributed by atoms with E-state index < -0.39 is 0 Å². The number of nitrogen functional groups attached to an aromatic ring is 1. The minimum atomic E-state index is 0.346. The van der Waals surface area contributed by atoms with E-state index in [1.165, 1.54) is 0 Å². The van der Waals surface area contributed by atoms with Crippen LogP contribution in [0.25, 0.3) is 22.6 Å². The minimum Gasteiger partial charge on any atom is -0.380 e. The van der Waals surface area contributed by atoms with Crippen LogP contribution in [-0.2, 0) is 0 Å². The number of nitrogens with zero attached hydrogens (tertiary/aromatic N) is 3. The number of aromatic nitrogens is 4. The summed E-state index contributed by atoms with van der Waals surface area (Å²) in [5.74, 6) is 0.866. The third-order valence-electron chi connectivity index (χ3n) is 2.67. The van der Waals surface area contributed by atoms with Crippen LogP contribution in [0.4, 0.5) is 5.82 Å². The number of aryl methyl sites for hydroxylation is 1. The summed E-state index contributed by atoms with van der Waals surface area (Å²) in [4.78, 5) is 0. The second-order valence-electron chi connectivity index (χ2n) is 4.00. The fourth-order valence-corrected chi connectivity index (χ4v) is 1.87. The number of aromatic amines is 1. The van der Waals surface area contributed by atoms with Crippen molar-refractivity contribution < 1.29 is 4.52 Å². The van der Waals surface area contributed by atoms with Crippen LogP contribution >= 0.6 is 0 Å². The van der Waals surface area contributed by atoms with Crippen LogP contribution in [-0.4, -0.2) is 20.6 Å². The Bertz CT molecular complexity index is 672. The van der Waals surface area contributed by atoms with Gasteiger partial charge < -0.3 is 10.3 Å². The minimum absolute atomic E-state index is 0.346. The molecule has 0 saturated carbocycles. The Labute approximate surface area is 103 Å². The predicted molar refractivity (Wildman–Crippen MR) is 66.5 cm³/mol. The van der Waals surface area contributed by atoms with Gasteiger partial charge in [0.2, 0.25) is 0 Å². The van der Waals surface area contributed by atoms with Crippen molar-refractivity contribution in [1.82, 2.24) is 20.6 Å². The lowest BCUT2D eigenvalue weighted by Crippen LogP contribution is -1.89. The zero-order valence-electron chi connectivity index (χ0n) is 9.71. The Morgan fingerprint density at radius 3 is 2.94 bits per heavy atom. The van der Waals surface area contributed by atoms with Gasteiger partial charge >= 0.3 is 0 Å². The van der Waals surface area contributed by atoms with Gasteiger partial charge in [0.15, 0.2) is 17.3 Å². The first kappa shape index (κ1) is 10.5. The molecule has 18 heavy (non-hydrogen) atoms. The van der Waals surface area contributed by atoms with Gasteiger partial charge in [0, 0.05) is 0 Å². The summed E-state index contributed by atoms with van der Waals surface area (Å²) >= 11 is 0. The molecule has 2 aromatic heterocycles. The lowest BCUT2D eigenvalue weighted by Gasteiger charge is -2.01. The molecule has 0 fully saturated rings. The van der Waals surface area contributed by atoms with Crippen LogP contribution in [0.5, 0.6) is 0 Å². The third kappa shape index (κ3) is 1.64. The molecule has 0 amide bonds. The highest BCUT2D eigenvalue weighted by Crippen LogP contribution is 2.35. The van der Waals surface area contributed by atoms with E-state index in [2.05, 4.69) is 20.6 Å². The van der Waals surface area contributed by atoms with Crippen molar-refractivity contribution in [2.75, 3.05) is 5.73 Å². The third-order valence-corrected chi connectivity index (χ3v) is 2.67. The van der Waals surface area contributed by atoms with E-state index >= 15 is 0 Å². The number of nitrogens with one attached hydrogen (secondary N) is 1. The van der Waals surface area contributed by atoms with Gasteiger partial charge in [-0.15, -0.1) is 0 Å². The summed E-state index contributed by atoms with van der Waals surface area (Å²) in [6.45, 7) is 2.02. The Hall–Kier alpha value is -2.63. The smallest absolute Gasteiger partial charge is 0.198 e. The first-order chi connectivity index (χ1) is 8.75. The Morgan fingerprint density at radius 1 is 1.33 bits per heavy atom. The number of anilines is 1. The van der Waals surface area contributed by atoms with E-state index in [-0.39, 0.29) is 0 Å². The molecule has 0 atom stereocenters. The molecule has 0 aliphatic heterocycles. The van der Waals surface area contributed by atoms with Gasteiger partial charge in [-0.2, -0.15) is 15.4 Å². The van der Waals surface area contributed by atoms with Crippen molar-refractivity contribution >= 4 is 5.82 Å². The summed E-state index contributed by atoms with van der Waals surface area (Å²) in [5, 5.41) is 14.1. The molecular formula is C12H11N5O. The molecular weight excluding hydrogens is 230 g/mol. The van der Waals surface area contributed by atoms with E-state index in [4.69, 9.17) is 10.3 Å². The largest absolute Gasteiger partial charge is 0.380 e. The van der Waals surface area contributed by atoms with Crippen LogP contribution in [0.15, 0.2) is 35.0 Å². The maximum atomic E-state index is 5.87. The fourth-order valence-electron chi connectivity index (χ4n) is 1.87. The van der Waals surface area contributed by atoms with Crippen molar-refractivity contribution in [2.45, 2.75) is 6.92 Å². The molecule has 3 aromatic rings. The zero-order valence-corrected chi connectivity index (χ0v) is 9.71. The summed E-state index contributed by atoms with van der Waals surface area (Å²) in [6, 6.07) is 7.96. The average molecular weight is 241 g/mol. The molecule has 0 radical (unpaired) electrons. The van der Waals surface area contributed by atoms with Crippen molar-refractivity contribution in [2.24, 2.45) is 0 Å². The topological polar surface area (TPSA) is 93.6 Å². The number of rotatable bonds is 2. The summed E-state index contributed by atoms with van der Waals surface area (Å²) in [7, 11) is 0. The van der Waals surface area contributed by atoms with Crippen LogP contribution in [0, 0.1) is 6.92 Å². The van der Waals surface area contributed by atoms with Gasteiger partial charge in [-0.05, 0) is 12.5 Å². The van der Waals surface area contributed by atoms with Crippen LogP contribution in [0.1, 0.15) is 5.56 Å². The summed E-state index contributed by atoms with van der Waals surface area (Å²) in [5.41, 5.74) is 9.28. The van der Waals surface area contributed by atoms with E-state index in [1.54, 1.807) is 6.20 Å². The number of hydrogen-bond donors (Lipinski definition) is 2. The van der Waals surface area contributed by atoms with E-state index in [1.807, 2.05) is 31.2 Å². The number of H-pyrrole nitrogens is 1. The van der Waals surface area contributed by atoms with Crippen molar-refractivity contribution in [3.8, 4) is 22.6 Å². The van der Waals surface area contributed by atoms with Crippen LogP contribution in [0.2, 0.25) is 0 Å². The SMILES string of the molecule is Cc1cccc(-c2c(N)noc2-c2cn[nH]n2)c1. The summed E-state index contributed by atoms with van der Waals surface area (Å²) < 4.78 is 5.24. The summed E-state index contributed by atoms with van der Waals surface area (Å²) in [6.07, 6.45) is 1.57. The standard InChI is InChI=1S/C12H11N5O/c1-7-3-2-4-8(5-7)10-11(18-16-12(10)13)9-6-14-17-15-9/h2-6H,1H3,(H2,13,16)(H,14,15,17). The molecule has 2 heterocycles. The molecule has 0 spiro atoms. The maximum absolute atomic E-state index is 5.87. The highest BCUT2D eigenvalue weighted by atomic mass is 16.5. The lowest BCUT2D eigenvalue weighted by molar-refractivity contribution is 0.434. The normalized spacial score (nSPS) is 10.7. The number of hydrogen-bond acceptors (Lipinski definition) is 5.